The van der Waals surface area contributed by atoms with Crippen molar-refractivity contribution in [2.75, 3.05) is 10.2 Å². The maximum atomic E-state index is 13.0. The standard InChI is InChI=1S/C22H21N3O/c1-15(2)16-10-12-17(13-11-16)24-21-20-19(9-6-14-23-20)22(26)25(21)18-7-4-3-5-8-18/h3-15,21,24H,1-2H3/t21-/m0/s1. The number of rotatable bonds is 4. The summed E-state index contributed by atoms with van der Waals surface area (Å²) in [6.07, 6.45) is 1.41. The first-order valence-electron chi connectivity index (χ1n) is 8.85. The highest BCUT2D eigenvalue weighted by Crippen LogP contribution is 2.36. The predicted octanol–water partition coefficient (Wildman–Crippen LogP) is 4.98. The zero-order valence-corrected chi connectivity index (χ0v) is 14.9. The Labute approximate surface area is 153 Å². The Balaban J connectivity index is 1.72. The van der Waals surface area contributed by atoms with Crippen molar-refractivity contribution in [3.8, 4) is 0 Å². The number of hydrogen-bond acceptors (Lipinski definition) is 3. The quantitative estimate of drug-likeness (QED) is 0.727. The summed E-state index contributed by atoms with van der Waals surface area (Å²) in [4.78, 5) is 19.2. The van der Waals surface area contributed by atoms with Crippen LogP contribution >= 0.6 is 0 Å². The van der Waals surface area contributed by atoms with E-state index in [2.05, 4.69) is 48.4 Å². The summed E-state index contributed by atoms with van der Waals surface area (Å²) in [7, 11) is 0. The molecule has 1 atom stereocenters. The van der Waals surface area contributed by atoms with Crippen LogP contribution in [0.25, 0.3) is 0 Å². The van der Waals surface area contributed by atoms with E-state index in [1.165, 1.54) is 5.56 Å². The molecule has 1 aliphatic heterocycles. The molecule has 0 fully saturated rings. The third-order valence-electron chi connectivity index (χ3n) is 4.72. The fourth-order valence-electron chi connectivity index (χ4n) is 3.30. The molecule has 0 unspecified atom stereocenters. The third-order valence-corrected chi connectivity index (χ3v) is 4.72. The summed E-state index contributed by atoms with van der Waals surface area (Å²) in [6, 6.07) is 21.7. The minimum Gasteiger partial charge on any atom is -0.360 e. The van der Waals surface area contributed by atoms with Gasteiger partial charge in [-0.3, -0.25) is 14.7 Å². The van der Waals surface area contributed by atoms with E-state index >= 15 is 0 Å². The Hall–Kier alpha value is -3.14. The second-order valence-corrected chi connectivity index (χ2v) is 6.77. The Morgan fingerprint density at radius 3 is 2.38 bits per heavy atom. The van der Waals surface area contributed by atoms with Crippen molar-refractivity contribution in [2.24, 2.45) is 0 Å². The van der Waals surface area contributed by atoms with Crippen LogP contribution in [0, 0.1) is 0 Å². The van der Waals surface area contributed by atoms with Crippen LogP contribution in [-0.2, 0) is 0 Å². The highest BCUT2D eigenvalue weighted by Gasteiger charge is 2.38. The third kappa shape index (κ3) is 2.84. The van der Waals surface area contributed by atoms with Gasteiger partial charge in [-0.15, -0.1) is 0 Å². The Morgan fingerprint density at radius 1 is 0.962 bits per heavy atom. The average Bonchev–Trinajstić information content (AvgIpc) is 2.95. The van der Waals surface area contributed by atoms with Gasteiger partial charge in [0.05, 0.1) is 11.3 Å². The molecule has 2 aromatic carbocycles. The molecule has 0 spiro atoms. The summed E-state index contributed by atoms with van der Waals surface area (Å²) < 4.78 is 0. The van der Waals surface area contributed by atoms with Crippen LogP contribution in [0.1, 0.15) is 47.5 Å². The van der Waals surface area contributed by atoms with Gasteiger partial charge >= 0.3 is 0 Å². The van der Waals surface area contributed by atoms with Crippen LogP contribution < -0.4 is 10.2 Å². The Morgan fingerprint density at radius 2 is 1.69 bits per heavy atom. The molecule has 4 nitrogen and oxygen atoms in total. The van der Waals surface area contributed by atoms with Gasteiger partial charge in [0.1, 0.15) is 0 Å². The van der Waals surface area contributed by atoms with E-state index in [-0.39, 0.29) is 12.1 Å². The number of anilines is 2. The molecule has 4 rings (SSSR count). The molecular formula is C22H21N3O. The smallest absolute Gasteiger partial charge is 0.262 e. The van der Waals surface area contributed by atoms with Crippen molar-refractivity contribution in [3.63, 3.8) is 0 Å². The number of pyridine rings is 1. The maximum Gasteiger partial charge on any atom is 0.262 e. The molecule has 4 heteroatoms. The maximum absolute atomic E-state index is 13.0. The van der Waals surface area contributed by atoms with Crippen molar-refractivity contribution >= 4 is 17.3 Å². The van der Waals surface area contributed by atoms with Crippen molar-refractivity contribution < 1.29 is 4.79 Å². The molecule has 1 amide bonds. The lowest BCUT2D eigenvalue weighted by atomic mass is 10.0. The van der Waals surface area contributed by atoms with Gasteiger partial charge in [-0.25, -0.2) is 0 Å². The van der Waals surface area contributed by atoms with Crippen LogP contribution in [0.3, 0.4) is 0 Å². The van der Waals surface area contributed by atoms with E-state index < -0.39 is 0 Å². The number of carbonyl (C=O) groups excluding carboxylic acids is 1. The lowest BCUT2D eigenvalue weighted by Crippen LogP contribution is -2.32. The van der Waals surface area contributed by atoms with Gasteiger partial charge in [0.2, 0.25) is 0 Å². The minimum atomic E-state index is -0.328. The Kier molecular flexibility index (Phi) is 4.17. The molecular weight excluding hydrogens is 322 g/mol. The van der Waals surface area contributed by atoms with Crippen LogP contribution in [0.5, 0.6) is 0 Å². The van der Waals surface area contributed by atoms with Crippen LogP contribution in [0.4, 0.5) is 11.4 Å². The number of fused-ring (bicyclic) bond motifs is 1. The van der Waals surface area contributed by atoms with Crippen molar-refractivity contribution in [2.45, 2.75) is 25.9 Å². The van der Waals surface area contributed by atoms with Gasteiger partial charge in [-0.1, -0.05) is 44.2 Å². The predicted molar refractivity (Wildman–Crippen MR) is 104 cm³/mol. The number of amides is 1. The minimum absolute atomic E-state index is 0.0319. The van der Waals surface area contributed by atoms with Crippen LogP contribution in [-0.4, -0.2) is 10.9 Å². The molecule has 130 valence electrons. The summed E-state index contributed by atoms with van der Waals surface area (Å²) in [5, 5.41) is 3.48. The van der Waals surface area contributed by atoms with E-state index in [0.29, 0.717) is 11.5 Å². The van der Waals surface area contributed by atoms with Crippen molar-refractivity contribution in [1.29, 1.82) is 0 Å². The molecule has 2 heterocycles. The largest absolute Gasteiger partial charge is 0.360 e. The second kappa shape index (κ2) is 6.64. The summed E-state index contributed by atoms with van der Waals surface area (Å²) in [5.41, 5.74) is 4.51. The first-order valence-corrected chi connectivity index (χ1v) is 8.85. The zero-order valence-electron chi connectivity index (χ0n) is 14.9. The Bertz CT molecular complexity index is 920. The van der Waals surface area contributed by atoms with Crippen LogP contribution in [0.2, 0.25) is 0 Å². The number of carbonyl (C=O) groups is 1. The normalized spacial score (nSPS) is 16.0. The molecule has 1 aromatic heterocycles. The number of hydrogen-bond donors (Lipinski definition) is 1. The molecule has 1 aliphatic rings. The van der Waals surface area contributed by atoms with E-state index in [1.807, 2.05) is 36.4 Å². The van der Waals surface area contributed by atoms with Crippen molar-refractivity contribution in [3.05, 3.63) is 89.7 Å². The topological polar surface area (TPSA) is 45.2 Å². The van der Waals surface area contributed by atoms with Gasteiger partial charge < -0.3 is 5.32 Å². The van der Waals surface area contributed by atoms with E-state index in [1.54, 1.807) is 17.2 Å². The first kappa shape index (κ1) is 16.3. The fourth-order valence-corrected chi connectivity index (χ4v) is 3.30. The monoisotopic (exact) mass is 343 g/mol. The zero-order chi connectivity index (χ0) is 18.1. The molecule has 0 radical (unpaired) electrons. The SMILES string of the molecule is CC(C)c1ccc(N[C@@H]2c3ncccc3C(=O)N2c2ccccc2)cc1. The molecule has 0 aliphatic carbocycles. The summed E-state index contributed by atoms with van der Waals surface area (Å²) in [6.45, 7) is 4.35. The van der Waals surface area contributed by atoms with Gasteiger partial charge in [-0.05, 0) is 47.9 Å². The number of nitrogens with zero attached hydrogens (tertiary/aromatic N) is 2. The number of para-hydroxylation sites is 1. The highest BCUT2D eigenvalue weighted by atomic mass is 16.2. The number of aromatic nitrogens is 1. The average molecular weight is 343 g/mol. The van der Waals surface area contributed by atoms with Gasteiger partial charge in [-0.2, -0.15) is 0 Å². The lowest BCUT2D eigenvalue weighted by molar-refractivity contribution is 0.0993. The number of nitrogens with one attached hydrogen (secondary N) is 1. The van der Waals surface area contributed by atoms with E-state index in [9.17, 15) is 4.79 Å². The molecule has 3 aromatic rings. The van der Waals surface area contributed by atoms with Crippen molar-refractivity contribution in [1.82, 2.24) is 4.98 Å². The fraction of sp³-hybridized carbons (Fsp3) is 0.182. The van der Waals surface area contributed by atoms with Gasteiger partial charge in [0, 0.05) is 17.6 Å². The summed E-state index contributed by atoms with van der Waals surface area (Å²) >= 11 is 0. The molecule has 26 heavy (non-hydrogen) atoms. The van der Waals surface area contributed by atoms with Gasteiger partial charge in [0.25, 0.3) is 5.91 Å². The first-order chi connectivity index (χ1) is 12.6. The molecule has 0 saturated heterocycles. The van der Waals surface area contributed by atoms with E-state index in [0.717, 1.165) is 17.1 Å². The molecule has 0 bridgehead atoms. The lowest BCUT2D eigenvalue weighted by Gasteiger charge is -2.26. The highest BCUT2D eigenvalue weighted by molar-refractivity contribution is 6.11. The molecule has 1 N–H and O–H groups in total. The van der Waals surface area contributed by atoms with Crippen LogP contribution in [0.15, 0.2) is 72.9 Å². The second-order valence-electron chi connectivity index (χ2n) is 6.77. The molecule has 0 saturated carbocycles. The van der Waals surface area contributed by atoms with E-state index in [4.69, 9.17) is 0 Å². The summed E-state index contributed by atoms with van der Waals surface area (Å²) in [5.74, 6) is 0.455. The van der Waals surface area contributed by atoms with Gasteiger partial charge in [0.15, 0.2) is 6.17 Å². The number of benzene rings is 2.